The summed E-state index contributed by atoms with van der Waals surface area (Å²) in [7, 11) is 0. The van der Waals surface area contributed by atoms with Crippen molar-refractivity contribution in [2.45, 2.75) is 104 Å². The van der Waals surface area contributed by atoms with Crippen LogP contribution >= 0.6 is 12.4 Å². The van der Waals surface area contributed by atoms with E-state index in [1.807, 2.05) is 0 Å². The fourth-order valence-corrected chi connectivity index (χ4v) is 2.60. The normalized spacial score (nSPS) is 11.3. The Morgan fingerprint density at radius 3 is 1.61 bits per heavy atom. The first-order valence-corrected chi connectivity index (χ1v) is 9.85. The van der Waals surface area contributed by atoms with E-state index in [1.54, 1.807) is 0 Å². The summed E-state index contributed by atoms with van der Waals surface area (Å²) in [5.41, 5.74) is 5.79. The Hall–Kier alpha value is -0.440. The van der Waals surface area contributed by atoms with Gasteiger partial charge in [-0.25, -0.2) is 0 Å². The van der Waals surface area contributed by atoms with Gasteiger partial charge in [-0.05, 0) is 12.8 Å². The van der Waals surface area contributed by atoms with Crippen molar-refractivity contribution in [3.63, 3.8) is 0 Å². The van der Waals surface area contributed by atoms with E-state index in [0.717, 1.165) is 19.5 Å². The van der Waals surface area contributed by atoms with Gasteiger partial charge in [-0.3, -0.25) is 4.99 Å². The van der Waals surface area contributed by atoms with Gasteiger partial charge < -0.3 is 11.1 Å². The molecule has 0 saturated carbocycles. The fourth-order valence-electron chi connectivity index (χ4n) is 2.60. The van der Waals surface area contributed by atoms with Crippen molar-refractivity contribution in [3.8, 4) is 0 Å². The highest BCUT2D eigenvalue weighted by atomic mass is 35.5. The van der Waals surface area contributed by atoms with E-state index < -0.39 is 0 Å². The zero-order valence-corrected chi connectivity index (χ0v) is 16.6. The number of hydrogen-bond acceptors (Lipinski definition) is 1. The number of halogens is 1. The first-order chi connectivity index (χ1) is 10.8. The summed E-state index contributed by atoms with van der Waals surface area (Å²) >= 11 is 0. The van der Waals surface area contributed by atoms with Crippen LogP contribution < -0.4 is 11.1 Å². The number of nitrogens with two attached hydrogens (primary N) is 1. The van der Waals surface area contributed by atoms with E-state index in [4.69, 9.17) is 5.73 Å². The number of aliphatic imine (C=N–C) groups is 1. The van der Waals surface area contributed by atoms with Crippen LogP contribution in [0.25, 0.3) is 0 Å². The fraction of sp³-hybridized carbons (Fsp3) is 0.947. The predicted molar refractivity (Wildman–Crippen MR) is 108 cm³/mol. The van der Waals surface area contributed by atoms with Gasteiger partial charge in [-0.15, -0.1) is 12.4 Å². The Kier molecular flexibility index (Phi) is 23.3. The summed E-state index contributed by atoms with van der Waals surface area (Å²) in [4.78, 5) is 4.36. The van der Waals surface area contributed by atoms with E-state index in [0.29, 0.717) is 5.96 Å². The van der Waals surface area contributed by atoms with Crippen LogP contribution in [0, 0.1) is 0 Å². The average molecular weight is 348 g/mol. The minimum absolute atomic E-state index is 0. The van der Waals surface area contributed by atoms with Crippen molar-refractivity contribution in [3.05, 3.63) is 0 Å². The van der Waals surface area contributed by atoms with E-state index in [-0.39, 0.29) is 12.4 Å². The van der Waals surface area contributed by atoms with Gasteiger partial charge in [0, 0.05) is 13.1 Å². The van der Waals surface area contributed by atoms with Crippen LogP contribution in [0.3, 0.4) is 0 Å². The lowest BCUT2D eigenvalue weighted by atomic mass is 10.1. The largest absolute Gasteiger partial charge is 0.370 e. The molecular formula is C19H42ClN3. The Labute approximate surface area is 151 Å². The second kappa shape index (κ2) is 21.6. The zero-order valence-electron chi connectivity index (χ0n) is 15.7. The molecule has 0 rings (SSSR count). The molecule has 4 heteroatoms. The van der Waals surface area contributed by atoms with Gasteiger partial charge in [0.2, 0.25) is 0 Å². The van der Waals surface area contributed by atoms with Crippen LogP contribution in [0.15, 0.2) is 4.99 Å². The molecule has 0 fully saturated rings. The molecule has 0 saturated heterocycles. The van der Waals surface area contributed by atoms with Gasteiger partial charge in [0.15, 0.2) is 5.96 Å². The first kappa shape index (κ1) is 24.8. The van der Waals surface area contributed by atoms with Gasteiger partial charge >= 0.3 is 0 Å². The number of rotatable bonds is 16. The molecule has 0 aromatic carbocycles. The molecular weight excluding hydrogens is 306 g/mol. The number of guanidine groups is 1. The molecule has 0 radical (unpaired) electrons. The molecule has 0 amide bonds. The minimum Gasteiger partial charge on any atom is -0.370 e. The molecule has 0 aliphatic rings. The molecule has 0 bridgehead atoms. The lowest BCUT2D eigenvalue weighted by Gasteiger charge is -2.04. The SMILES string of the molecule is CCCCCCCCCCCCCCN=C(N)NCCCC.Cl. The third-order valence-electron chi connectivity index (χ3n) is 4.13. The van der Waals surface area contributed by atoms with Crippen LogP contribution in [0.1, 0.15) is 104 Å². The van der Waals surface area contributed by atoms with Crippen molar-refractivity contribution in [2.75, 3.05) is 13.1 Å². The molecule has 0 aromatic heterocycles. The Balaban J connectivity index is 0. The Morgan fingerprint density at radius 1 is 0.696 bits per heavy atom. The summed E-state index contributed by atoms with van der Waals surface area (Å²) in [5, 5.41) is 3.15. The quantitative estimate of drug-likeness (QED) is 0.210. The predicted octanol–water partition coefficient (Wildman–Crippen LogP) is 5.81. The maximum Gasteiger partial charge on any atom is 0.188 e. The molecule has 3 nitrogen and oxygen atoms in total. The molecule has 0 aliphatic heterocycles. The zero-order chi connectivity index (χ0) is 16.3. The van der Waals surface area contributed by atoms with Crippen molar-refractivity contribution in [1.82, 2.24) is 5.32 Å². The number of hydrogen-bond donors (Lipinski definition) is 2. The molecule has 0 spiro atoms. The highest BCUT2D eigenvalue weighted by Crippen LogP contribution is 2.11. The van der Waals surface area contributed by atoms with Gasteiger partial charge in [-0.1, -0.05) is 90.9 Å². The average Bonchev–Trinajstić information content (AvgIpc) is 2.52. The highest BCUT2D eigenvalue weighted by Gasteiger charge is 1.94. The topological polar surface area (TPSA) is 50.4 Å². The summed E-state index contributed by atoms with van der Waals surface area (Å²) in [6.45, 7) is 6.29. The summed E-state index contributed by atoms with van der Waals surface area (Å²) in [6, 6.07) is 0. The molecule has 23 heavy (non-hydrogen) atoms. The monoisotopic (exact) mass is 347 g/mol. The van der Waals surface area contributed by atoms with E-state index in [2.05, 4.69) is 24.2 Å². The second-order valence-electron chi connectivity index (χ2n) is 6.44. The van der Waals surface area contributed by atoms with Crippen LogP contribution in [-0.2, 0) is 0 Å². The molecule has 0 heterocycles. The third-order valence-corrected chi connectivity index (χ3v) is 4.13. The van der Waals surface area contributed by atoms with Crippen molar-refractivity contribution < 1.29 is 0 Å². The van der Waals surface area contributed by atoms with Gasteiger partial charge in [0.1, 0.15) is 0 Å². The number of unbranched alkanes of at least 4 members (excludes halogenated alkanes) is 12. The summed E-state index contributed by atoms with van der Waals surface area (Å²) in [5.74, 6) is 0.622. The first-order valence-electron chi connectivity index (χ1n) is 9.85. The van der Waals surface area contributed by atoms with Crippen LogP contribution in [-0.4, -0.2) is 19.0 Å². The van der Waals surface area contributed by atoms with E-state index in [1.165, 1.54) is 83.5 Å². The van der Waals surface area contributed by atoms with Gasteiger partial charge in [0.05, 0.1) is 0 Å². The summed E-state index contributed by atoms with van der Waals surface area (Å²) < 4.78 is 0. The molecule has 0 aliphatic carbocycles. The lowest BCUT2D eigenvalue weighted by molar-refractivity contribution is 0.545. The maximum absolute atomic E-state index is 5.79. The molecule has 3 N–H and O–H groups in total. The second-order valence-corrected chi connectivity index (χ2v) is 6.44. The van der Waals surface area contributed by atoms with Crippen molar-refractivity contribution in [1.29, 1.82) is 0 Å². The molecule has 140 valence electrons. The van der Waals surface area contributed by atoms with Gasteiger partial charge in [0.25, 0.3) is 0 Å². The van der Waals surface area contributed by atoms with Crippen molar-refractivity contribution >= 4 is 18.4 Å². The smallest absolute Gasteiger partial charge is 0.188 e. The lowest BCUT2D eigenvalue weighted by Crippen LogP contribution is -2.32. The molecule has 0 unspecified atom stereocenters. The highest BCUT2D eigenvalue weighted by molar-refractivity contribution is 5.85. The maximum atomic E-state index is 5.79. The van der Waals surface area contributed by atoms with Crippen LogP contribution in [0.4, 0.5) is 0 Å². The van der Waals surface area contributed by atoms with E-state index >= 15 is 0 Å². The molecule has 0 atom stereocenters. The standard InChI is InChI=1S/C19H41N3.ClH/c1-3-5-7-8-9-10-11-12-13-14-15-16-18-22-19(20)21-17-6-4-2;/h3-18H2,1-2H3,(H3,20,21,22);1H. The molecule has 0 aromatic rings. The van der Waals surface area contributed by atoms with Gasteiger partial charge in [-0.2, -0.15) is 0 Å². The Morgan fingerprint density at radius 2 is 1.13 bits per heavy atom. The van der Waals surface area contributed by atoms with Crippen LogP contribution in [0.5, 0.6) is 0 Å². The Bertz CT molecular complexity index is 245. The van der Waals surface area contributed by atoms with Crippen LogP contribution in [0.2, 0.25) is 0 Å². The summed E-state index contributed by atoms with van der Waals surface area (Å²) in [6.07, 6.45) is 18.9. The minimum atomic E-state index is 0. The number of nitrogens with one attached hydrogen (secondary N) is 1. The number of nitrogens with zero attached hydrogens (tertiary/aromatic N) is 1. The third kappa shape index (κ3) is 21.6. The van der Waals surface area contributed by atoms with Crippen molar-refractivity contribution in [2.24, 2.45) is 10.7 Å². The van der Waals surface area contributed by atoms with E-state index in [9.17, 15) is 0 Å².